The first-order valence-electron chi connectivity index (χ1n) is 12.4. The highest BCUT2D eigenvalue weighted by Crippen LogP contribution is 2.34. The van der Waals surface area contributed by atoms with E-state index in [0.717, 1.165) is 51.7 Å². The minimum atomic E-state index is -0.513. The molecule has 1 aliphatic heterocycles. The summed E-state index contributed by atoms with van der Waals surface area (Å²) in [5.41, 5.74) is 1.06. The zero-order chi connectivity index (χ0) is 25.1. The van der Waals surface area contributed by atoms with E-state index in [4.69, 9.17) is 4.74 Å². The number of ether oxygens (including phenoxy) is 1. The summed E-state index contributed by atoms with van der Waals surface area (Å²) in [6.07, 6.45) is 5.91. The van der Waals surface area contributed by atoms with Crippen molar-refractivity contribution in [1.82, 2.24) is 20.5 Å². The van der Waals surface area contributed by atoms with Crippen LogP contribution in [0.15, 0.2) is 42.6 Å². The third-order valence-corrected chi connectivity index (χ3v) is 6.67. The van der Waals surface area contributed by atoms with Gasteiger partial charge in [-0.05, 0) is 77.1 Å². The summed E-state index contributed by atoms with van der Waals surface area (Å²) >= 11 is 0. The maximum Gasteiger partial charge on any atom is 0.408 e. The predicted octanol–water partition coefficient (Wildman–Crippen LogP) is 4.53. The smallest absolute Gasteiger partial charge is 0.408 e. The Kier molecular flexibility index (Phi) is 7.40. The molecule has 35 heavy (non-hydrogen) atoms. The number of rotatable bonds is 6. The van der Waals surface area contributed by atoms with Gasteiger partial charge in [0.15, 0.2) is 0 Å². The average molecular weight is 483 g/mol. The number of carbonyl (C=O) groups is 2. The molecule has 2 aromatic rings. The molecule has 1 saturated carbocycles. The fourth-order valence-electron chi connectivity index (χ4n) is 4.73. The fraction of sp³-hybridized carbons (Fsp3) is 0.519. The number of alkyl carbamates (subject to hydrolysis) is 1. The van der Waals surface area contributed by atoms with E-state index < -0.39 is 5.60 Å². The SMILES string of the molecule is CC(C)(C)OC(=O)NC1(CN2CCC(NC(=O)c3ccc(-c4cccc(F)c4)nc3)CC2)CCC1. The second kappa shape index (κ2) is 10.3. The molecule has 4 rings (SSSR count). The Morgan fingerprint density at radius 1 is 1.17 bits per heavy atom. The summed E-state index contributed by atoms with van der Waals surface area (Å²) in [6, 6.07) is 9.79. The molecule has 2 aliphatic rings. The van der Waals surface area contributed by atoms with Crippen LogP contribution in [-0.2, 0) is 4.74 Å². The molecule has 1 aliphatic carbocycles. The van der Waals surface area contributed by atoms with Crippen molar-refractivity contribution < 1.29 is 18.7 Å². The first-order chi connectivity index (χ1) is 16.6. The van der Waals surface area contributed by atoms with Gasteiger partial charge in [0.1, 0.15) is 11.4 Å². The topological polar surface area (TPSA) is 83.6 Å². The zero-order valence-corrected chi connectivity index (χ0v) is 20.8. The molecular weight excluding hydrogens is 447 g/mol. The van der Waals surface area contributed by atoms with E-state index in [1.165, 1.54) is 18.3 Å². The molecule has 8 heteroatoms. The molecule has 1 aromatic heterocycles. The number of hydrogen-bond donors (Lipinski definition) is 2. The zero-order valence-electron chi connectivity index (χ0n) is 20.8. The fourth-order valence-corrected chi connectivity index (χ4v) is 4.73. The van der Waals surface area contributed by atoms with Gasteiger partial charge in [-0.2, -0.15) is 0 Å². The monoisotopic (exact) mass is 482 g/mol. The van der Waals surface area contributed by atoms with Gasteiger partial charge in [0.05, 0.1) is 16.8 Å². The summed E-state index contributed by atoms with van der Waals surface area (Å²) in [6.45, 7) is 8.13. The van der Waals surface area contributed by atoms with Gasteiger partial charge in [-0.1, -0.05) is 12.1 Å². The molecule has 1 aromatic carbocycles. The number of hydrogen-bond acceptors (Lipinski definition) is 5. The standard InChI is InChI=1S/C27H35FN4O3/c1-26(2,3)35-25(34)31-27(12-5-13-27)18-32-14-10-22(11-15-32)30-24(33)20-8-9-23(29-17-20)19-6-4-7-21(28)16-19/h4,6-9,16-17,22H,5,10-15,18H2,1-3H3,(H,30,33)(H,31,34). The molecule has 0 spiro atoms. The molecule has 0 unspecified atom stereocenters. The van der Waals surface area contributed by atoms with Gasteiger partial charge in [0.2, 0.25) is 0 Å². The average Bonchev–Trinajstić information content (AvgIpc) is 2.77. The quantitative estimate of drug-likeness (QED) is 0.632. The number of nitrogens with zero attached hydrogens (tertiary/aromatic N) is 2. The van der Waals surface area contributed by atoms with Crippen molar-refractivity contribution in [3.63, 3.8) is 0 Å². The summed E-state index contributed by atoms with van der Waals surface area (Å²) in [5.74, 6) is -0.467. The van der Waals surface area contributed by atoms with Crippen LogP contribution in [0.2, 0.25) is 0 Å². The Labute approximate surface area is 206 Å². The minimum absolute atomic E-state index is 0.0952. The number of likely N-dealkylation sites (tertiary alicyclic amines) is 1. The van der Waals surface area contributed by atoms with E-state index >= 15 is 0 Å². The lowest BCUT2D eigenvalue weighted by Gasteiger charge is -2.47. The van der Waals surface area contributed by atoms with Gasteiger partial charge >= 0.3 is 6.09 Å². The maximum atomic E-state index is 13.5. The molecule has 0 radical (unpaired) electrons. The highest BCUT2D eigenvalue weighted by Gasteiger charge is 2.41. The Balaban J connectivity index is 1.25. The molecule has 1 saturated heterocycles. The Morgan fingerprint density at radius 2 is 1.91 bits per heavy atom. The number of piperidine rings is 1. The molecule has 2 heterocycles. The molecular formula is C27H35FN4O3. The van der Waals surface area contributed by atoms with E-state index in [1.807, 2.05) is 20.8 Å². The van der Waals surface area contributed by atoms with Crippen molar-refractivity contribution in [3.05, 3.63) is 54.0 Å². The number of amides is 2. The summed E-state index contributed by atoms with van der Waals surface area (Å²) in [4.78, 5) is 31.7. The largest absolute Gasteiger partial charge is 0.444 e. The van der Waals surface area contributed by atoms with Crippen molar-refractivity contribution in [3.8, 4) is 11.3 Å². The highest BCUT2D eigenvalue weighted by atomic mass is 19.1. The van der Waals surface area contributed by atoms with Crippen molar-refractivity contribution in [2.45, 2.75) is 70.1 Å². The molecule has 7 nitrogen and oxygen atoms in total. The third-order valence-electron chi connectivity index (χ3n) is 6.67. The molecule has 188 valence electrons. The number of pyridine rings is 1. The molecule has 0 atom stereocenters. The first kappa shape index (κ1) is 25.1. The van der Waals surface area contributed by atoms with Crippen LogP contribution in [0.3, 0.4) is 0 Å². The summed E-state index contributed by atoms with van der Waals surface area (Å²) < 4.78 is 18.9. The number of benzene rings is 1. The van der Waals surface area contributed by atoms with Gasteiger partial charge in [0, 0.05) is 37.4 Å². The van der Waals surface area contributed by atoms with Crippen LogP contribution < -0.4 is 10.6 Å². The summed E-state index contributed by atoms with van der Waals surface area (Å²) in [5, 5.41) is 6.24. The minimum Gasteiger partial charge on any atom is -0.444 e. The van der Waals surface area contributed by atoms with Gasteiger partial charge in [0.25, 0.3) is 5.91 Å². The van der Waals surface area contributed by atoms with E-state index in [0.29, 0.717) is 16.8 Å². The normalized spacial score (nSPS) is 18.4. The van der Waals surface area contributed by atoms with Crippen molar-refractivity contribution in [2.24, 2.45) is 0 Å². The molecule has 0 bridgehead atoms. The van der Waals surface area contributed by atoms with Gasteiger partial charge < -0.3 is 20.3 Å². The number of halogens is 1. The number of nitrogens with one attached hydrogen (secondary N) is 2. The van der Waals surface area contributed by atoms with Crippen LogP contribution in [0, 0.1) is 5.82 Å². The van der Waals surface area contributed by atoms with Gasteiger partial charge in [-0.3, -0.25) is 9.78 Å². The Morgan fingerprint density at radius 3 is 2.49 bits per heavy atom. The first-order valence-corrected chi connectivity index (χ1v) is 12.4. The number of aromatic nitrogens is 1. The van der Waals surface area contributed by atoms with Crippen LogP contribution >= 0.6 is 0 Å². The third kappa shape index (κ3) is 6.78. The lowest BCUT2D eigenvalue weighted by Crippen LogP contribution is -2.61. The molecule has 2 fully saturated rings. The predicted molar refractivity (Wildman–Crippen MR) is 133 cm³/mol. The van der Waals surface area contributed by atoms with Crippen LogP contribution in [0.1, 0.15) is 63.2 Å². The van der Waals surface area contributed by atoms with Gasteiger partial charge in [-0.25, -0.2) is 9.18 Å². The molecule has 2 amide bonds. The number of carbonyl (C=O) groups excluding carboxylic acids is 2. The maximum absolute atomic E-state index is 13.5. The molecule has 2 N–H and O–H groups in total. The Bertz CT molecular complexity index is 1040. The van der Waals surface area contributed by atoms with E-state index in [9.17, 15) is 14.0 Å². The lowest BCUT2D eigenvalue weighted by molar-refractivity contribution is 0.0288. The van der Waals surface area contributed by atoms with E-state index in [-0.39, 0.29) is 29.4 Å². The highest BCUT2D eigenvalue weighted by molar-refractivity contribution is 5.94. The van der Waals surface area contributed by atoms with Crippen molar-refractivity contribution in [1.29, 1.82) is 0 Å². The van der Waals surface area contributed by atoms with Crippen LogP contribution in [-0.4, -0.2) is 58.7 Å². The Hall–Kier alpha value is -3.00. The van der Waals surface area contributed by atoms with E-state index in [1.54, 1.807) is 24.3 Å². The van der Waals surface area contributed by atoms with Gasteiger partial charge in [-0.15, -0.1) is 0 Å². The van der Waals surface area contributed by atoms with E-state index in [2.05, 4.69) is 20.5 Å². The van der Waals surface area contributed by atoms with Crippen LogP contribution in [0.5, 0.6) is 0 Å². The second-order valence-electron chi connectivity index (χ2n) is 10.7. The van der Waals surface area contributed by atoms with Crippen LogP contribution in [0.25, 0.3) is 11.3 Å². The summed E-state index contributed by atoms with van der Waals surface area (Å²) in [7, 11) is 0. The second-order valence-corrected chi connectivity index (χ2v) is 10.7. The van der Waals surface area contributed by atoms with Crippen molar-refractivity contribution >= 4 is 12.0 Å². The lowest BCUT2D eigenvalue weighted by atomic mass is 9.76. The van der Waals surface area contributed by atoms with Crippen molar-refractivity contribution in [2.75, 3.05) is 19.6 Å². The van der Waals surface area contributed by atoms with Crippen LogP contribution in [0.4, 0.5) is 9.18 Å².